The summed E-state index contributed by atoms with van der Waals surface area (Å²) in [6.07, 6.45) is 0. The molecule has 1 unspecified atom stereocenters. The topological polar surface area (TPSA) is 75.4 Å². The standard InChI is InChI=1S/C17H20N2O3/c1-12-3-8-16(9-17(12)19(21)22)13(2)18-10-14-4-6-15(11-20)7-5-14/h3-9,13,18,20H,10-11H2,1-2H3. The molecule has 2 N–H and O–H groups in total. The second-order valence-electron chi connectivity index (χ2n) is 5.38. The molecule has 0 spiro atoms. The number of aliphatic hydroxyl groups excluding tert-OH is 1. The van der Waals surface area contributed by atoms with Crippen molar-refractivity contribution < 1.29 is 10.0 Å². The summed E-state index contributed by atoms with van der Waals surface area (Å²) < 4.78 is 0. The van der Waals surface area contributed by atoms with E-state index in [2.05, 4.69) is 5.32 Å². The van der Waals surface area contributed by atoms with Crippen LogP contribution in [-0.4, -0.2) is 10.0 Å². The molecule has 0 aliphatic carbocycles. The first-order valence-electron chi connectivity index (χ1n) is 7.18. The highest BCUT2D eigenvalue weighted by atomic mass is 16.6. The number of rotatable bonds is 6. The lowest BCUT2D eigenvalue weighted by Gasteiger charge is -2.15. The minimum Gasteiger partial charge on any atom is -0.392 e. The molecule has 0 aliphatic heterocycles. The van der Waals surface area contributed by atoms with E-state index < -0.39 is 0 Å². The van der Waals surface area contributed by atoms with Gasteiger partial charge in [-0.25, -0.2) is 0 Å². The van der Waals surface area contributed by atoms with E-state index >= 15 is 0 Å². The van der Waals surface area contributed by atoms with Crippen molar-refractivity contribution in [2.24, 2.45) is 0 Å². The summed E-state index contributed by atoms with van der Waals surface area (Å²) in [6.45, 7) is 4.42. The molecule has 5 heteroatoms. The van der Waals surface area contributed by atoms with E-state index in [1.807, 2.05) is 37.3 Å². The number of aryl methyl sites for hydroxylation is 1. The zero-order chi connectivity index (χ0) is 16.1. The van der Waals surface area contributed by atoms with Gasteiger partial charge in [-0.1, -0.05) is 36.4 Å². The minimum atomic E-state index is -0.348. The van der Waals surface area contributed by atoms with E-state index in [0.29, 0.717) is 12.1 Å². The predicted octanol–water partition coefficient (Wildman–Crippen LogP) is 3.25. The molecular formula is C17H20N2O3. The number of nitrogens with zero attached hydrogens (tertiary/aromatic N) is 1. The van der Waals surface area contributed by atoms with Crippen LogP contribution >= 0.6 is 0 Å². The van der Waals surface area contributed by atoms with Gasteiger partial charge in [-0.2, -0.15) is 0 Å². The summed E-state index contributed by atoms with van der Waals surface area (Å²) in [7, 11) is 0. The Balaban J connectivity index is 2.03. The van der Waals surface area contributed by atoms with Crippen molar-refractivity contribution in [1.82, 2.24) is 5.32 Å². The lowest BCUT2D eigenvalue weighted by atomic mass is 10.0. The van der Waals surface area contributed by atoms with Crippen LogP contribution in [0.2, 0.25) is 0 Å². The van der Waals surface area contributed by atoms with E-state index in [-0.39, 0.29) is 23.3 Å². The maximum atomic E-state index is 11.0. The summed E-state index contributed by atoms with van der Waals surface area (Å²) in [5.41, 5.74) is 3.69. The Morgan fingerprint density at radius 2 is 1.82 bits per heavy atom. The first kappa shape index (κ1) is 16.1. The molecule has 0 amide bonds. The molecule has 5 nitrogen and oxygen atoms in total. The van der Waals surface area contributed by atoms with Crippen molar-refractivity contribution in [2.45, 2.75) is 33.0 Å². The quantitative estimate of drug-likeness (QED) is 0.634. The van der Waals surface area contributed by atoms with E-state index in [4.69, 9.17) is 5.11 Å². The van der Waals surface area contributed by atoms with Gasteiger partial charge in [-0.05, 0) is 30.5 Å². The molecule has 0 aromatic heterocycles. The van der Waals surface area contributed by atoms with Crippen LogP contribution < -0.4 is 5.32 Å². The summed E-state index contributed by atoms with van der Waals surface area (Å²) >= 11 is 0. The molecule has 2 aromatic rings. The average molecular weight is 300 g/mol. The Kier molecular flexibility index (Phi) is 5.25. The van der Waals surface area contributed by atoms with Crippen molar-refractivity contribution >= 4 is 5.69 Å². The Morgan fingerprint density at radius 3 is 2.41 bits per heavy atom. The van der Waals surface area contributed by atoms with Gasteiger partial charge in [0.2, 0.25) is 0 Å². The molecule has 0 fully saturated rings. The zero-order valence-electron chi connectivity index (χ0n) is 12.7. The molecule has 0 saturated heterocycles. The van der Waals surface area contributed by atoms with Crippen molar-refractivity contribution in [3.8, 4) is 0 Å². The van der Waals surface area contributed by atoms with Gasteiger partial charge in [0.05, 0.1) is 11.5 Å². The summed E-state index contributed by atoms with van der Waals surface area (Å²) in [5, 5.41) is 23.4. The monoisotopic (exact) mass is 300 g/mol. The number of benzene rings is 2. The maximum absolute atomic E-state index is 11.0. The third-order valence-corrected chi connectivity index (χ3v) is 3.75. The molecule has 1 atom stereocenters. The van der Waals surface area contributed by atoms with Gasteiger partial charge in [0.25, 0.3) is 5.69 Å². The van der Waals surface area contributed by atoms with E-state index in [1.54, 1.807) is 19.1 Å². The Morgan fingerprint density at radius 1 is 1.18 bits per heavy atom. The van der Waals surface area contributed by atoms with Crippen LogP contribution in [0.4, 0.5) is 5.69 Å². The predicted molar refractivity (Wildman–Crippen MR) is 85.5 cm³/mol. The van der Waals surface area contributed by atoms with Crippen LogP contribution in [0, 0.1) is 17.0 Å². The van der Waals surface area contributed by atoms with Crippen LogP contribution in [0.25, 0.3) is 0 Å². The Bertz CT molecular complexity index is 653. The van der Waals surface area contributed by atoms with Gasteiger partial charge < -0.3 is 10.4 Å². The largest absolute Gasteiger partial charge is 0.392 e. The smallest absolute Gasteiger partial charge is 0.272 e. The minimum absolute atomic E-state index is 0.0109. The van der Waals surface area contributed by atoms with Crippen LogP contribution in [0.3, 0.4) is 0 Å². The van der Waals surface area contributed by atoms with Gasteiger partial charge >= 0.3 is 0 Å². The highest BCUT2D eigenvalue weighted by molar-refractivity contribution is 5.43. The first-order valence-corrected chi connectivity index (χ1v) is 7.18. The van der Waals surface area contributed by atoms with E-state index in [0.717, 1.165) is 16.7 Å². The zero-order valence-corrected chi connectivity index (χ0v) is 12.7. The number of nitro benzene ring substituents is 1. The Labute approximate surface area is 129 Å². The van der Waals surface area contributed by atoms with Gasteiger partial charge in [0, 0.05) is 24.2 Å². The summed E-state index contributed by atoms with van der Waals surface area (Å²) in [6, 6.07) is 13.0. The van der Waals surface area contributed by atoms with Crippen molar-refractivity contribution in [2.75, 3.05) is 0 Å². The molecule has 0 aliphatic rings. The van der Waals surface area contributed by atoms with Crippen molar-refractivity contribution in [3.05, 3.63) is 74.8 Å². The molecule has 22 heavy (non-hydrogen) atoms. The van der Waals surface area contributed by atoms with Crippen LogP contribution in [0.1, 0.15) is 35.2 Å². The number of nitro groups is 1. The van der Waals surface area contributed by atoms with Gasteiger partial charge in [0.1, 0.15) is 0 Å². The summed E-state index contributed by atoms with van der Waals surface area (Å²) in [4.78, 5) is 10.7. The van der Waals surface area contributed by atoms with Crippen molar-refractivity contribution in [3.63, 3.8) is 0 Å². The number of nitrogens with one attached hydrogen (secondary N) is 1. The second kappa shape index (κ2) is 7.15. The molecular weight excluding hydrogens is 280 g/mol. The molecule has 2 rings (SSSR count). The highest BCUT2D eigenvalue weighted by Gasteiger charge is 2.14. The molecule has 0 bridgehead atoms. The molecule has 116 valence electrons. The SMILES string of the molecule is Cc1ccc(C(C)NCc2ccc(CO)cc2)cc1[N+](=O)[O-]. The van der Waals surface area contributed by atoms with E-state index in [1.165, 1.54) is 0 Å². The average Bonchev–Trinajstić information content (AvgIpc) is 2.53. The first-order chi connectivity index (χ1) is 10.5. The molecule has 2 aromatic carbocycles. The third kappa shape index (κ3) is 3.90. The second-order valence-corrected chi connectivity index (χ2v) is 5.38. The number of hydrogen-bond donors (Lipinski definition) is 2. The fraction of sp³-hybridized carbons (Fsp3) is 0.294. The van der Waals surface area contributed by atoms with Gasteiger partial charge in [-0.15, -0.1) is 0 Å². The number of aliphatic hydroxyl groups is 1. The fourth-order valence-electron chi connectivity index (χ4n) is 2.24. The lowest BCUT2D eigenvalue weighted by molar-refractivity contribution is -0.385. The van der Waals surface area contributed by atoms with E-state index in [9.17, 15) is 10.1 Å². The molecule has 0 saturated carbocycles. The third-order valence-electron chi connectivity index (χ3n) is 3.75. The molecule has 0 heterocycles. The normalized spacial score (nSPS) is 12.1. The van der Waals surface area contributed by atoms with Crippen LogP contribution in [0.5, 0.6) is 0 Å². The Hall–Kier alpha value is -2.24. The van der Waals surface area contributed by atoms with Gasteiger partial charge in [0.15, 0.2) is 0 Å². The summed E-state index contributed by atoms with van der Waals surface area (Å²) in [5.74, 6) is 0. The number of hydrogen-bond acceptors (Lipinski definition) is 4. The van der Waals surface area contributed by atoms with Crippen LogP contribution in [0.15, 0.2) is 42.5 Å². The van der Waals surface area contributed by atoms with Crippen LogP contribution in [-0.2, 0) is 13.2 Å². The highest BCUT2D eigenvalue weighted by Crippen LogP contribution is 2.23. The lowest BCUT2D eigenvalue weighted by Crippen LogP contribution is -2.18. The fourth-order valence-corrected chi connectivity index (χ4v) is 2.24. The van der Waals surface area contributed by atoms with Gasteiger partial charge in [-0.3, -0.25) is 10.1 Å². The maximum Gasteiger partial charge on any atom is 0.272 e. The van der Waals surface area contributed by atoms with Crippen molar-refractivity contribution in [1.29, 1.82) is 0 Å². The molecule has 0 radical (unpaired) electrons.